The summed E-state index contributed by atoms with van der Waals surface area (Å²) in [5, 5.41) is 4.98. The van der Waals surface area contributed by atoms with Crippen molar-refractivity contribution >= 4 is 34.2 Å². The number of H-pyrrole nitrogens is 1. The first-order valence-electron chi connectivity index (χ1n) is 10.5. The zero-order valence-corrected chi connectivity index (χ0v) is 18.3. The Morgan fingerprint density at radius 2 is 1.84 bits per heavy atom. The van der Waals surface area contributed by atoms with E-state index in [4.69, 9.17) is 11.6 Å². The fraction of sp³-hybridized carbons (Fsp3) is 0.192. The van der Waals surface area contributed by atoms with Gasteiger partial charge in [-0.1, -0.05) is 59.6 Å². The number of para-hydroxylation sites is 1. The number of amides is 2. The summed E-state index contributed by atoms with van der Waals surface area (Å²) in [7, 11) is 0. The number of carbonyl (C=O) groups is 1. The lowest BCUT2D eigenvalue weighted by Crippen LogP contribution is -2.43. The van der Waals surface area contributed by atoms with E-state index in [1.807, 2.05) is 54.3 Å². The number of anilines is 1. The third-order valence-corrected chi connectivity index (χ3v) is 6.36. The number of aryl methyl sites for hydroxylation is 2. The van der Waals surface area contributed by atoms with E-state index in [9.17, 15) is 4.79 Å². The molecule has 0 fully saturated rings. The van der Waals surface area contributed by atoms with Crippen molar-refractivity contribution in [2.45, 2.75) is 26.3 Å². The molecule has 3 aromatic carbocycles. The summed E-state index contributed by atoms with van der Waals surface area (Å²) in [6.07, 6.45) is 0.777. The molecule has 0 saturated carbocycles. The van der Waals surface area contributed by atoms with Crippen LogP contribution in [0.15, 0.2) is 66.7 Å². The number of aromatic amines is 1. The first kappa shape index (κ1) is 19.7. The first-order valence-corrected chi connectivity index (χ1v) is 10.9. The number of halogens is 1. The number of nitrogens with one attached hydrogen (secondary N) is 2. The van der Waals surface area contributed by atoms with E-state index >= 15 is 0 Å². The lowest BCUT2D eigenvalue weighted by Gasteiger charge is -2.36. The predicted molar refractivity (Wildman–Crippen MR) is 127 cm³/mol. The number of urea groups is 1. The molecule has 0 unspecified atom stereocenters. The van der Waals surface area contributed by atoms with Crippen molar-refractivity contribution in [3.8, 4) is 0 Å². The molecule has 0 saturated heterocycles. The van der Waals surface area contributed by atoms with Crippen molar-refractivity contribution in [2.75, 3.05) is 11.9 Å². The van der Waals surface area contributed by atoms with Gasteiger partial charge in [0.1, 0.15) is 0 Å². The smallest absolute Gasteiger partial charge is 0.322 e. The average Bonchev–Trinajstić information content (AvgIpc) is 3.13. The molecule has 2 heterocycles. The van der Waals surface area contributed by atoms with Crippen LogP contribution in [0.5, 0.6) is 0 Å². The zero-order valence-electron chi connectivity index (χ0n) is 17.6. The minimum Gasteiger partial charge on any atom is -0.356 e. The molecule has 1 aliphatic rings. The molecule has 0 bridgehead atoms. The molecule has 156 valence electrons. The van der Waals surface area contributed by atoms with Crippen LogP contribution < -0.4 is 5.32 Å². The van der Waals surface area contributed by atoms with Crippen LogP contribution >= 0.6 is 11.6 Å². The Bertz CT molecular complexity index is 1280. The Hall–Kier alpha value is -3.24. The topological polar surface area (TPSA) is 48.1 Å². The standard InChI is InChI=1S/C26H24ClN3O/c1-16-7-9-18(10-8-16)25-24-20(21-15-19(27)11-12-23(21)28-24)13-14-30(25)26(31)29-22-6-4-3-5-17(22)2/h3-12,15,25,28H,13-14H2,1-2H3,(H,29,31)/t25-/m0/s1. The molecule has 1 aromatic heterocycles. The molecule has 4 aromatic rings. The van der Waals surface area contributed by atoms with Gasteiger partial charge in [0.05, 0.1) is 6.04 Å². The number of aromatic nitrogens is 1. The van der Waals surface area contributed by atoms with Crippen LogP contribution in [-0.4, -0.2) is 22.5 Å². The highest BCUT2D eigenvalue weighted by Crippen LogP contribution is 2.39. The molecule has 1 aliphatic heterocycles. The Labute approximate surface area is 186 Å². The highest BCUT2D eigenvalue weighted by atomic mass is 35.5. The second-order valence-corrected chi connectivity index (χ2v) is 8.65. The van der Waals surface area contributed by atoms with E-state index < -0.39 is 0 Å². The fourth-order valence-corrected chi connectivity index (χ4v) is 4.65. The van der Waals surface area contributed by atoms with E-state index in [2.05, 4.69) is 41.5 Å². The van der Waals surface area contributed by atoms with Gasteiger partial charge in [0.25, 0.3) is 0 Å². The Morgan fingerprint density at radius 3 is 2.61 bits per heavy atom. The van der Waals surface area contributed by atoms with Crippen molar-refractivity contribution in [1.29, 1.82) is 0 Å². The summed E-state index contributed by atoms with van der Waals surface area (Å²) in [4.78, 5) is 18.9. The molecule has 0 radical (unpaired) electrons. The van der Waals surface area contributed by atoms with E-state index in [-0.39, 0.29) is 12.1 Å². The second-order valence-electron chi connectivity index (χ2n) is 8.21. The lowest BCUT2D eigenvalue weighted by atomic mass is 9.92. The fourth-order valence-electron chi connectivity index (χ4n) is 4.47. The molecule has 2 amide bonds. The Balaban J connectivity index is 1.60. The van der Waals surface area contributed by atoms with Crippen LogP contribution in [0.25, 0.3) is 10.9 Å². The molecule has 31 heavy (non-hydrogen) atoms. The van der Waals surface area contributed by atoms with Crippen molar-refractivity contribution in [3.63, 3.8) is 0 Å². The number of nitrogens with zero attached hydrogens (tertiary/aromatic N) is 1. The Morgan fingerprint density at radius 1 is 1.06 bits per heavy atom. The van der Waals surface area contributed by atoms with E-state index in [0.717, 1.165) is 44.9 Å². The van der Waals surface area contributed by atoms with Gasteiger partial charge in [-0.15, -0.1) is 0 Å². The molecule has 1 atom stereocenters. The van der Waals surface area contributed by atoms with E-state index in [0.29, 0.717) is 6.54 Å². The number of carbonyl (C=O) groups excluding carboxylic acids is 1. The van der Waals surface area contributed by atoms with Crippen LogP contribution in [0.2, 0.25) is 5.02 Å². The molecule has 4 nitrogen and oxygen atoms in total. The molecule has 0 aliphatic carbocycles. The number of hydrogen-bond donors (Lipinski definition) is 2. The summed E-state index contributed by atoms with van der Waals surface area (Å²) in [5.41, 5.74) is 7.51. The van der Waals surface area contributed by atoms with Gasteiger partial charge < -0.3 is 15.2 Å². The molecular formula is C26H24ClN3O. The van der Waals surface area contributed by atoms with Crippen molar-refractivity contribution in [1.82, 2.24) is 9.88 Å². The molecule has 5 heteroatoms. The number of fused-ring (bicyclic) bond motifs is 3. The quantitative estimate of drug-likeness (QED) is 0.369. The van der Waals surface area contributed by atoms with Crippen LogP contribution in [0.3, 0.4) is 0 Å². The third-order valence-electron chi connectivity index (χ3n) is 6.13. The maximum absolute atomic E-state index is 13.4. The number of hydrogen-bond acceptors (Lipinski definition) is 1. The van der Waals surface area contributed by atoms with Gasteiger partial charge in [0.2, 0.25) is 0 Å². The normalized spacial score (nSPS) is 15.7. The van der Waals surface area contributed by atoms with Gasteiger partial charge in [0, 0.05) is 33.9 Å². The van der Waals surface area contributed by atoms with Gasteiger partial charge in [-0.2, -0.15) is 0 Å². The summed E-state index contributed by atoms with van der Waals surface area (Å²) >= 11 is 6.28. The van der Waals surface area contributed by atoms with Crippen LogP contribution in [-0.2, 0) is 6.42 Å². The Kier molecular flexibility index (Phi) is 4.95. The second kappa shape index (κ2) is 7.78. The van der Waals surface area contributed by atoms with Gasteiger partial charge in [-0.05, 0) is 61.2 Å². The van der Waals surface area contributed by atoms with Gasteiger partial charge in [-0.3, -0.25) is 0 Å². The maximum atomic E-state index is 13.4. The van der Waals surface area contributed by atoms with Crippen molar-refractivity contribution < 1.29 is 4.79 Å². The highest BCUT2D eigenvalue weighted by molar-refractivity contribution is 6.31. The molecule has 0 spiro atoms. The summed E-state index contributed by atoms with van der Waals surface area (Å²) < 4.78 is 0. The van der Waals surface area contributed by atoms with Crippen molar-refractivity contribution in [3.05, 3.63) is 99.7 Å². The zero-order chi connectivity index (χ0) is 21.5. The minimum absolute atomic E-state index is 0.0952. The summed E-state index contributed by atoms with van der Waals surface area (Å²) in [6, 6.07) is 21.9. The number of benzene rings is 3. The summed E-state index contributed by atoms with van der Waals surface area (Å²) in [5.74, 6) is 0. The van der Waals surface area contributed by atoms with Crippen LogP contribution in [0.1, 0.15) is 34.0 Å². The molecule has 5 rings (SSSR count). The monoisotopic (exact) mass is 429 g/mol. The molecule has 2 N–H and O–H groups in total. The SMILES string of the molecule is Cc1ccc([C@H]2c3[nH]c4ccc(Cl)cc4c3CCN2C(=O)Nc2ccccc2C)cc1. The van der Waals surface area contributed by atoms with Gasteiger partial charge in [-0.25, -0.2) is 4.79 Å². The van der Waals surface area contributed by atoms with Gasteiger partial charge >= 0.3 is 6.03 Å². The van der Waals surface area contributed by atoms with E-state index in [1.165, 1.54) is 11.1 Å². The predicted octanol–water partition coefficient (Wildman–Crippen LogP) is 6.62. The average molecular weight is 430 g/mol. The van der Waals surface area contributed by atoms with Crippen molar-refractivity contribution in [2.24, 2.45) is 0 Å². The van der Waals surface area contributed by atoms with E-state index in [1.54, 1.807) is 0 Å². The summed E-state index contributed by atoms with van der Waals surface area (Å²) in [6.45, 7) is 4.70. The minimum atomic E-state index is -0.195. The van der Waals surface area contributed by atoms with Gasteiger partial charge in [0.15, 0.2) is 0 Å². The van der Waals surface area contributed by atoms with Crippen LogP contribution in [0.4, 0.5) is 10.5 Å². The largest absolute Gasteiger partial charge is 0.356 e. The third kappa shape index (κ3) is 3.57. The lowest BCUT2D eigenvalue weighted by molar-refractivity contribution is 0.193. The molecular weight excluding hydrogens is 406 g/mol. The first-order chi connectivity index (χ1) is 15.0. The highest BCUT2D eigenvalue weighted by Gasteiger charge is 2.34. The van der Waals surface area contributed by atoms with Crippen LogP contribution in [0, 0.1) is 13.8 Å². The number of rotatable bonds is 2. The maximum Gasteiger partial charge on any atom is 0.322 e.